The van der Waals surface area contributed by atoms with Crippen molar-refractivity contribution in [2.75, 3.05) is 90.5 Å². The van der Waals surface area contributed by atoms with Crippen LogP contribution in [0.5, 0.6) is 0 Å². The summed E-state index contributed by atoms with van der Waals surface area (Å²) in [5, 5.41) is 22.5. The number of carboxylic acids is 1. The largest absolute Gasteiger partial charge is 3.00 e. The fourth-order valence-corrected chi connectivity index (χ4v) is 7.14. The van der Waals surface area contributed by atoms with E-state index in [0.717, 1.165) is 14.9 Å². The number of aliphatic carboxylic acids is 1. The molecule has 0 bridgehead atoms. The maximum Gasteiger partial charge on any atom is 3.00 e. The van der Waals surface area contributed by atoms with Crippen molar-refractivity contribution in [2.24, 2.45) is 0 Å². The number of hydrogen-bond acceptors (Lipinski definition) is 10. The summed E-state index contributed by atoms with van der Waals surface area (Å²) in [5.41, 5.74) is -0.00590. The van der Waals surface area contributed by atoms with Crippen LogP contribution in [0.2, 0.25) is 10.0 Å². The second-order valence-corrected chi connectivity index (χ2v) is 15.2. The van der Waals surface area contributed by atoms with E-state index in [1.54, 1.807) is 16.7 Å². The molecule has 2 aromatic rings. The van der Waals surface area contributed by atoms with E-state index in [9.17, 15) is 34.2 Å². The summed E-state index contributed by atoms with van der Waals surface area (Å²) in [6, 6.07) is 11.7. The Morgan fingerprint density at radius 1 is 0.857 bits per heavy atom. The van der Waals surface area contributed by atoms with E-state index in [1.807, 2.05) is 36.2 Å². The molecule has 0 aromatic heterocycles. The number of carboxylic acid groups (broad SMARTS) is 2. The third-order valence-electron chi connectivity index (χ3n) is 9.34. The van der Waals surface area contributed by atoms with Gasteiger partial charge in [-0.25, -0.2) is 14.5 Å². The van der Waals surface area contributed by atoms with Crippen LogP contribution in [0.15, 0.2) is 46.9 Å². The Bertz CT molecular complexity index is 1690. The predicted molar refractivity (Wildman–Crippen MR) is 213 cm³/mol. The monoisotopic (exact) mass is 984 g/mol. The van der Waals surface area contributed by atoms with Crippen LogP contribution in [-0.2, 0) is 30.4 Å². The molecule has 2 aromatic carbocycles. The van der Waals surface area contributed by atoms with Crippen molar-refractivity contribution in [3.63, 3.8) is 0 Å². The Morgan fingerprint density at radius 2 is 1.39 bits per heavy atom. The average Bonchev–Trinajstić information content (AvgIpc) is 3.28. The number of halogens is 3. The molecule has 4 rings (SSSR count). The number of rotatable bonds is 12. The van der Waals surface area contributed by atoms with Crippen LogP contribution in [0.25, 0.3) is 0 Å². The molecule has 2 aliphatic heterocycles. The van der Waals surface area contributed by atoms with Gasteiger partial charge in [-0.15, -0.1) is 0 Å². The van der Waals surface area contributed by atoms with Crippen LogP contribution < -0.4 is 10.2 Å². The van der Waals surface area contributed by atoms with Gasteiger partial charge in [0.25, 0.3) is 5.91 Å². The Morgan fingerprint density at radius 3 is 1.93 bits per heavy atom. The zero-order valence-corrected chi connectivity index (χ0v) is 37.7. The van der Waals surface area contributed by atoms with E-state index >= 15 is 0 Å². The molecule has 0 aliphatic carbocycles. The Hall–Kier alpha value is -3.22. The van der Waals surface area contributed by atoms with Crippen molar-refractivity contribution in [1.29, 1.82) is 0 Å². The van der Waals surface area contributed by atoms with Gasteiger partial charge in [0.15, 0.2) is 0 Å². The standard InChI is InChI=1S/C35H46BrCl2N7O7.CO2.In/c1-35(22-25-5-7-26(36)8-6-25)32(49)45(29-20-27(37)19-28(38)21-29)33(50)44(35)10-4-3-9-39-30(46)23-41-13-11-40(2)12-14-42(24-31(47)48)16-18-43(17-15-41)34(51)52;2-1-3;/h5-8,19-21H,3-4,9-18,22-24H2,1-2H3,(H,39,46)(H,47,48)(H,51,52);;/q;;+3/t35-;;/m0../s1. The molecule has 0 spiro atoms. The first kappa shape index (κ1) is 48.9. The van der Waals surface area contributed by atoms with Gasteiger partial charge in [0.2, 0.25) is 5.91 Å². The molecule has 2 heterocycles. The first-order valence-electron chi connectivity index (χ1n) is 17.5. The summed E-state index contributed by atoms with van der Waals surface area (Å²) in [7, 11) is 1.93. The maximum atomic E-state index is 14.0. The molecule has 0 unspecified atom stereocenters. The Labute approximate surface area is 362 Å². The minimum Gasteiger partial charge on any atom is -0.480 e. The molecule has 0 saturated carbocycles. The van der Waals surface area contributed by atoms with Gasteiger partial charge in [0.05, 0.1) is 18.8 Å². The minimum absolute atomic E-state index is 0. The number of nitrogens with one attached hydrogen (secondary N) is 1. The molecule has 5 amide bonds. The summed E-state index contributed by atoms with van der Waals surface area (Å²) < 4.78 is 0.896. The van der Waals surface area contributed by atoms with Crippen molar-refractivity contribution in [3.05, 3.63) is 62.5 Å². The molecule has 2 aliphatic rings. The van der Waals surface area contributed by atoms with Crippen molar-refractivity contribution in [3.8, 4) is 0 Å². The van der Waals surface area contributed by atoms with Gasteiger partial charge >= 0.3 is 50.1 Å². The van der Waals surface area contributed by atoms with Crippen molar-refractivity contribution in [2.45, 2.75) is 31.7 Å². The first-order valence-corrected chi connectivity index (χ1v) is 19.1. The molecule has 1 atom stereocenters. The summed E-state index contributed by atoms with van der Waals surface area (Å²) >= 11 is 15.9. The summed E-state index contributed by atoms with van der Waals surface area (Å²) in [4.78, 5) is 90.0. The van der Waals surface area contributed by atoms with Gasteiger partial charge < -0.3 is 30.2 Å². The van der Waals surface area contributed by atoms with E-state index in [1.165, 1.54) is 23.1 Å². The third kappa shape index (κ3) is 14.9. The number of unbranched alkanes of at least 4 members (excludes halogenated alkanes) is 1. The normalized spacial score (nSPS) is 18.8. The first-order chi connectivity index (χ1) is 26.1. The fourth-order valence-electron chi connectivity index (χ4n) is 6.36. The fraction of sp³-hybridized carbons (Fsp3) is 0.500. The van der Waals surface area contributed by atoms with Crippen LogP contribution in [-0.4, -0.2) is 188 Å². The second kappa shape index (κ2) is 23.9. The number of carbonyl (C=O) groups is 5. The number of carbonyl (C=O) groups excluding carboxylic acids is 5. The van der Waals surface area contributed by atoms with Crippen molar-refractivity contribution in [1.82, 2.24) is 29.8 Å². The quantitative estimate of drug-likeness (QED) is 0.209. The van der Waals surface area contributed by atoms with E-state index in [4.69, 9.17) is 32.8 Å². The topological polar surface area (TPSA) is 191 Å². The molecule has 16 nitrogen and oxygen atoms in total. The SMILES string of the molecule is CN1CCN(CC(=O)O)CCN(C(=O)O)CCN(CC(=O)NCCCCN2C(=O)N(c3cc(Cl)cc(Cl)c3)C(=O)[C@]2(C)Cc2ccc(Br)cc2)CC1.O=C=O.[In+3]. The van der Waals surface area contributed by atoms with Crippen LogP contribution in [0.4, 0.5) is 15.3 Å². The number of anilines is 1. The van der Waals surface area contributed by atoms with Gasteiger partial charge in [-0.1, -0.05) is 51.3 Å². The summed E-state index contributed by atoms with van der Waals surface area (Å²) in [5.74, 6) is -1.56. The Kier molecular flexibility index (Phi) is 20.9. The van der Waals surface area contributed by atoms with E-state index in [2.05, 4.69) is 26.1 Å². The number of urea groups is 1. The maximum absolute atomic E-state index is 14.0. The molecule has 20 heteroatoms. The number of imide groups is 1. The zero-order valence-electron chi connectivity index (χ0n) is 31.3. The molecule has 2 fully saturated rings. The van der Waals surface area contributed by atoms with E-state index < -0.39 is 23.6 Å². The summed E-state index contributed by atoms with van der Waals surface area (Å²) in [6.45, 7) is 5.45. The van der Waals surface area contributed by atoms with Crippen LogP contribution >= 0.6 is 39.1 Å². The molecule has 56 heavy (non-hydrogen) atoms. The minimum atomic E-state index is -1.19. The summed E-state index contributed by atoms with van der Waals surface area (Å²) in [6.07, 6.45) is 0.501. The van der Waals surface area contributed by atoms with Gasteiger partial charge in [-0.2, -0.15) is 9.59 Å². The molecule has 300 valence electrons. The molecule has 2 saturated heterocycles. The van der Waals surface area contributed by atoms with Crippen molar-refractivity contribution < 1.29 is 43.8 Å². The van der Waals surface area contributed by atoms with Crippen LogP contribution in [0.1, 0.15) is 25.3 Å². The van der Waals surface area contributed by atoms with Crippen LogP contribution in [0.3, 0.4) is 0 Å². The van der Waals surface area contributed by atoms with E-state index in [-0.39, 0.29) is 83.0 Å². The van der Waals surface area contributed by atoms with Gasteiger partial charge in [0, 0.05) is 86.4 Å². The van der Waals surface area contributed by atoms with Crippen LogP contribution in [0, 0.1) is 0 Å². The average molecular weight is 986 g/mol. The zero-order chi connectivity index (χ0) is 40.7. The van der Waals surface area contributed by atoms with Crippen molar-refractivity contribution >= 4 is 107 Å². The number of likely N-dealkylation sites (N-methyl/N-ethyl adjacent to an activating group) is 1. The van der Waals surface area contributed by atoms with Gasteiger partial charge in [-0.3, -0.25) is 24.2 Å². The third-order valence-corrected chi connectivity index (χ3v) is 10.3. The molecule has 0 radical (unpaired) electrons. The Balaban J connectivity index is 0.00000262. The van der Waals surface area contributed by atoms with E-state index in [0.29, 0.717) is 74.4 Å². The number of hydrogen-bond donors (Lipinski definition) is 3. The predicted octanol–water partition coefficient (Wildman–Crippen LogP) is 3.07. The van der Waals surface area contributed by atoms with Gasteiger partial charge in [0.1, 0.15) is 5.54 Å². The number of amides is 5. The number of nitrogens with zero attached hydrogens (tertiary/aromatic N) is 6. The molecular weight excluding hydrogens is 940 g/mol. The molecule has 3 N–H and O–H groups in total. The molecular formula is C36H46BrCl2InN7O9+3. The smallest absolute Gasteiger partial charge is 0.480 e. The number of benzene rings is 2. The van der Waals surface area contributed by atoms with Gasteiger partial charge in [-0.05, 0) is 62.7 Å². The second-order valence-electron chi connectivity index (χ2n) is 13.4.